The molecule has 0 saturated carbocycles. The van der Waals surface area contributed by atoms with Crippen LogP contribution in [0.5, 0.6) is 5.75 Å². The van der Waals surface area contributed by atoms with E-state index in [1.54, 1.807) is 54.6 Å². The second-order valence-corrected chi connectivity index (χ2v) is 9.00. The first-order chi connectivity index (χ1) is 15.9. The highest BCUT2D eigenvalue weighted by atomic mass is 32.3. The number of anilines is 1. The molecule has 0 bridgehead atoms. The molecule has 9 nitrogen and oxygen atoms in total. The molecule has 0 spiro atoms. The molecule has 0 saturated heterocycles. The van der Waals surface area contributed by atoms with Gasteiger partial charge in [-0.1, -0.05) is 41.1 Å². The van der Waals surface area contributed by atoms with Crippen LogP contribution in [0, 0.1) is 11.3 Å². The molecular formula is C23H17N5O4S. The van der Waals surface area contributed by atoms with Crippen LogP contribution < -0.4 is 10.9 Å². The number of benzene rings is 2. The smallest absolute Gasteiger partial charge is 0.267 e. The van der Waals surface area contributed by atoms with Crippen molar-refractivity contribution in [3.05, 3.63) is 93.9 Å². The van der Waals surface area contributed by atoms with Gasteiger partial charge in [0.05, 0.1) is 29.3 Å². The van der Waals surface area contributed by atoms with Crippen molar-refractivity contribution < 1.29 is 14.2 Å². The minimum Gasteiger partial charge on any atom is -0.506 e. The van der Waals surface area contributed by atoms with Crippen LogP contribution in [0.25, 0.3) is 11.0 Å². The van der Waals surface area contributed by atoms with Crippen LogP contribution in [0.3, 0.4) is 0 Å². The molecule has 4 N–H and O–H groups in total. The lowest BCUT2D eigenvalue weighted by Crippen LogP contribution is -2.32. The van der Waals surface area contributed by atoms with Crippen molar-refractivity contribution in [3.8, 4) is 11.8 Å². The summed E-state index contributed by atoms with van der Waals surface area (Å²) in [6.45, 7) is 0.0173. The topological polar surface area (TPSA) is 144 Å². The first kappa shape index (κ1) is 20.7. The average molecular weight is 459 g/mol. The minimum atomic E-state index is -3.60. The summed E-state index contributed by atoms with van der Waals surface area (Å²) in [5, 5.41) is 23.7. The average Bonchev–Trinajstić information content (AvgIpc) is 2.82. The van der Waals surface area contributed by atoms with Crippen molar-refractivity contribution in [3.63, 3.8) is 0 Å². The molecule has 10 heteroatoms. The van der Waals surface area contributed by atoms with Crippen LogP contribution in [0.4, 0.5) is 5.69 Å². The number of nitrogens with zero attached hydrogens (tertiary/aromatic N) is 4. The zero-order chi connectivity index (χ0) is 23.2. The van der Waals surface area contributed by atoms with E-state index in [0.29, 0.717) is 16.8 Å². The van der Waals surface area contributed by atoms with E-state index in [9.17, 15) is 24.3 Å². The van der Waals surface area contributed by atoms with Gasteiger partial charge < -0.3 is 10.4 Å². The SMILES string of the molecule is N#Cc1ccccc1Cn1c(=O)c(C2=NS(O)(O)c3ccccc3N2)c(O)c2cccnc21. The molecular weight excluding hydrogens is 442 g/mol. The maximum Gasteiger partial charge on any atom is 0.267 e. The maximum atomic E-state index is 13.6. The predicted octanol–water partition coefficient (Wildman–Crippen LogP) is 3.92. The number of aromatic hydroxyl groups is 1. The van der Waals surface area contributed by atoms with Gasteiger partial charge in [-0.05, 0) is 35.9 Å². The van der Waals surface area contributed by atoms with E-state index in [2.05, 4.69) is 20.8 Å². The summed E-state index contributed by atoms with van der Waals surface area (Å²) in [5.41, 5.74) is 0.721. The lowest BCUT2D eigenvalue weighted by Gasteiger charge is -2.34. The summed E-state index contributed by atoms with van der Waals surface area (Å²) in [6, 6.07) is 18.7. The summed E-state index contributed by atoms with van der Waals surface area (Å²) >= 11 is 0. The molecule has 33 heavy (non-hydrogen) atoms. The third-order valence-corrected chi connectivity index (χ3v) is 6.73. The highest BCUT2D eigenvalue weighted by molar-refractivity contribution is 8.23. The zero-order valence-electron chi connectivity index (χ0n) is 17.0. The van der Waals surface area contributed by atoms with Gasteiger partial charge in [0.1, 0.15) is 21.9 Å². The van der Waals surface area contributed by atoms with Crippen molar-refractivity contribution >= 4 is 33.3 Å². The quantitative estimate of drug-likeness (QED) is 0.363. The maximum absolute atomic E-state index is 13.6. The molecule has 0 unspecified atom stereocenters. The van der Waals surface area contributed by atoms with Gasteiger partial charge in [-0.25, -0.2) is 4.98 Å². The number of pyridine rings is 2. The van der Waals surface area contributed by atoms with Gasteiger partial charge in [-0.15, -0.1) is 4.40 Å². The highest BCUT2D eigenvalue weighted by Gasteiger charge is 2.30. The fourth-order valence-corrected chi connectivity index (χ4v) is 4.97. The van der Waals surface area contributed by atoms with Crippen LogP contribution in [0.2, 0.25) is 0 Å². The van der Waals surface area contributed by atoms with Crippen molar-refractivity contribution in [1.29, 1.82) is 5.26 Å². The first-order valence-corrected chi connectivity index (χ1v) is 11.3. The Hall–Kier alpha value is -4.17. The third kappa shape index (κ3) is 3.41. The summed E-state index contributed by atoms with van der Waals surface area (Å²) < 4.78 is 26.5. The molecule has 0 amide bonds. The van der Waals surface area contributed by atoms with Crippen LogP contribution in [0.1, 0.15) is 16.7 Å². The number of para-hydroxylation sites is 1. The molecule has 0 radical (unpaired) electrons. The normalized spacial score (nSPS) is 15.1. The number of aromatic nitrogens is 2. The zero-order valence-corrected chi connectivity index (χ0v) is 17.8. The van der Waals surface area contributed by atoms with Gasteiger partial charge in [-0.2, -0.15) is 5.26 Å². The van der Waals surface area contributed by atoms with Crippen molar-refractivity contribution in [1.82, 2.24) is 9.55 Å². The monoisotopic (exact) mass is 459 g/mol. The Morgan fingerprint density at radius 3 is 2.64 bits per heavy atom. The van der Waals surface area contributed by atoms with E-state index >= 15 is 0 Å². The van der Waals surface area contributed by atoms with Gasteiger partial charge >= 0.3 is 0 Å². The van der Waals surface area contributed by atoms with Gasteiger partial charge in [0.25, 0.3) is 5.56 Å². The standard InChI is InChI=1S/C23H17N5O4S/c24-12-14-6-1-2-7-15(14)13-28-22-16(8-5-11-25-22)20(29)19(23(28)30)21-26-17-9-3-4-10-18(17)33(31,32)27-21/h1-11,29,31-32H,13H2,(H,26,27). The van der Waals surface area contributed by atoms with Gasteiger partial charge in [0.2, 0.25) is 0 Å². The Bertz CT molecular complexity index is 1560. The summed E-state index contributed by atoms with van der Waals surface area (Å²) in [6.07, 6.45) is 1.50. The van der Waals surface area contributed by atoms with Gasteiger partial charge in [0.15, 0.2) is 5.84 Å². The Labute approximate surface area is 189 Å². The summed E-state index contributed by atoms with van der Waals surface area (Å²) in [7, 11) is -3.60. The lowest BCUT2D eigenvalue weighted by atomic mass is 10.1. The molecule has 0 atom stereocenters. The Kier molecular flexibility index (Phi) is 4.87. The second-order valence-electron chi connectivity index (χ2n) is 7.34. The van der Waals surface area contributed by atoms with E-state index in [0.717, 1.165) is 0 Å². The van der Waals surface area contributed by atoms with Crippen LogP contribution in [-0.2, 0) is 6.54 Å². The molecule has 5 rings (SSSR count). The van der Waals surface area contributed by atoms with E-state index in [1.807, 2.05) is 0 Å². The van der Waals surface area contributed by atoms with E-state index < -0.39 is 16.3 Å². The van der Waals surface area contributed by atoms with Crippen LogP contribution in [0.15, 0.2) is 80.9 Å². The summed E-state index contributed by atoms with van der Waals surface area (Å²) in [4.78, 5) is 18.1. The highest BCUT2D eigenvalue weighted by Crippen LogP contribution is 2.55. The number of nitrogens with one attached hydrogen (secondary N) is 1. The molecule has 3 heterocycles. The summed E-state index contributed by atoms with van der Waals surface area (Å²) in [5.74, 6) is -0.543. The first-order valence-electron chi connectivity index (χ1n) is 9.84. The van der Waals surface area contributed by atoms with Crippen LogP contribution in [-0.4, -0.2) is 29.6 Å². The number of hydrogen-bond donors (Lipinski definition) is 4. The molecule has 1 aliphatic heterocycles. The Balaban J connectivity index is 1.76. The molecule has 2 aromatic carbocycles. The molecule has 0 aliphatic carbocycles. The second kappa shape index (κ2) is 7.75. The van der Waals surface area contributed by atoms with E-state index in [1.165, 1.54) is 16.8 Å². The lowest BCUT2D eigenvalue weighted by molar-refractivity contribution is 0.477. The minimum absolute atomic E-state index is 0.0173. The molecule has 1 aliphatic rings. The Morgan fingerprint density at radius 2 is 1.82 bits per heavy atom. The largest absolute Gasteiger partial charge is 0.506 e. The van der Waals surface area contributed by atoms with Crippen molar-refractivity contribution in [2.75, 3.05) is 5.32 Å². The molecule has 164 valence electrons. The van der Waals surface area contributed by atoms with Crippen LogP contribution >= 0.6 is 10.8 Å². The molecule has 4 aromatic rings. The number of amidine groups is 1. The fourth-order valence-electron chi connectivity index (χ4n) is 3.81. The fraction of sp³-hybridized carbons (Fsp3) is 0.0435. The van der Waals surface area contributed by atoms with Gasteiger partial charge in [-0.3, -0.25) is 18.5 Å². The number of rotatable bonds is 3. The Morgan fingerprint density at radius 1 is 1.06 bits per heavy atom. The molecule has 2 aromatic heterocycles. The van der Waals surface area contributed by atoms with Crippen molar-refractivity contribution in [2.45, 2.75) is 11.4 Å². The number of hydrogen-bond acceptors (Lipinski definition) is 8. The molecule has 0 fully saturated rings. The van der Waals surface area contributed by atoms with E-state index in [4.69, 9.17) is 0 Å². The van der Waals surface area contributed by atoms with E-state index in [-0.39, 0.29) is 39.6 Å². The van der Waals surface area contributed by atoms with Gasteiger partial charge in [0, 0.05) is 6.20 Å². The number of nitriles is 1. The predicted molar refractivity (Wildman–Crippen MR) is 126 cm³/mol. The third-order valence-electron chi connectivity index (χ3n) is 5.35. The van der Waals surface area contributed by atoms with Crippen molar-refractivity contribution in [2.24, 2.45) is 4.40 Å². The number of fused-ring (bicyclic) bond motifs is 2.